The van der Waals surface area contributed by atoms with Gasteiger partial charge in [0.15, 0.2) is 5.60 Å². The molecule has 0 saturated carbocycles. The van der Waals surface area contributed by atoms with Crippen molar-refractivity contribution in [1.29, 1.82) is 0 Å². The van der Waals surface area contributed by atoms with Crippen LogP contribution in [0.15, 0.2) is 30.4 Å². The molecular formula is C14H16O4. The van der Waals surface area contributed by atoms with Crippen molar-refractivity contribution in [2.75, 3.05) is 13.7 Å². The number of carbonyl (C=O) groups is 1. The summed E-state index contributed by atoms with van der Waals surface area (Å²) in [4.78, 5) is 11.6. The number of aryl methyl sites for hydroxylation is 1. The maximum absolute atomic E-state index is 11.6. The van der Waals surface area contributed by atoms with Crippen molar-refractivity contribution in [1.82, 2.24) is 0 Å². The third-order valence-corrected chi connectivity index (χ3v) is 3.16. The van der Waals surface area contributed by atoms with Crippen LogP contribution in [0.4, 0.5) is 0 Å². The van der Waals surface area contributed by atoms with Gasteiger partial charge in [0.25, 0.3) is 0 Å². The van der Waals surface area contributed by atoms with Crippen molar-refractivity contribution in [3.05, 3.63) is 41.5 Å². The van der Waals surface area contributed by atoms with Gasteiger partial charge in [0, 0.05) is 12.0 Å². The standard InChI is InChI=1S/C14H16O4/c1-9-4-5-12(17-3)11(6-9)14(13(15)16)7-10(2)8-18-14/h4-6H,2,7-8H2,1,3H3,(H,15,16). The Kier molecular flexibility index (Phi) is 3.13. The Morgan fingerprint density at radius 1 is 1.56 bits per heavy atom. The molecule has 1 saturated heterocycles. The van der Waals surface area contributed by atoms with E-state index in [1.165, 1.54) is 7.11 Å². The second-order valence-electron chi connectivity index (χ2n) is 4.55. The minimum absolute atomic E-state index is 0.267. The van der Waals surface area contributed by atoms with Crippen molar-refractivity contribution in [3.63, 3.8) is 0 Å². The van der Waals surface area contributed by atoms with Gasteiger partial charge in [-0.25, -0.2) is 4.79 Å². The second kappa shape index (κ2) is 4.46. The van der Waals surface area contributed by atoms with E-state index in [4.69, 9.17) is 9.47 Å². The number of carboxylic acid groups (broad SMARTS) is 1. The molecule has 96 valence electrons. The highest BCUT2D eigenvalue weighted by Crippen LogP contribution is 2.42. The number of aliphatic carboxylic acids is 1. The Labute approximate surface area is 106 Å². The lowest BCUT2D eigenvalue weighted by Gasteiger charge is -2.25. The molecule has 0 aromatic heterocycles. The molecule has 4 heteroatoms. The summed E-state index contributed by atoms with van der Waals surface area (Å²) in [5.74, 6) is -0.484. The summed E-state index contributed by atoms with van der Waals surface area (Å²) >= 11 is 0. The quantitative estimate of drug-likeness (QED) is 0.834. The van der Waals surface area contributed by atoms with Crippen LogP contribution in [0.25, 0.3) is 0 Å². The minimum atomic E-state index is -1.37. The third-order valence-electron chi connectivity index (χ3n) is 3.16. The van der Waals surface area contributed by atoms with Gasteiger partial charge in [-0.2, -0.15) is 0 Å². The first-order valence-corrected chi connectivity index (χ1v) is 5.69. The SMILES string of the molecule is C=C1COC(C(=O)O)(c2cc(C)ccc2OC)C1. The molecule has 1 aliphatic heterocycles. The number of ether oxygens (including phenoxy) is 2. The van der Waals surface area contributed by atoms with Gasteiger partial charge >= 0.3 is 5.97 Å². The van der Waals surface area contributed by atoms with Gasteiger partial charge in [-0.3, -0.25) is 0 Å². The summed E-state index contributed by atoms with van der Waals surface area (Å²) in [5.41, 5.74) is 0.929. The van der Waals surface area contributed by atoms with Crippen molar-refractivity contribution < 1.29 is 19.4 Å². The van der Waals surface area contributed by atoms with Gasteiger partial charge in [-0.1, -0.05) is 18.2 Å². The normalized spacial score (nSPS) is 23.1. The molecule has 1 aromatic carbocycles. The van der Waals surface area contributed by atoms with Crippen LogP contribution in [-0.4, -0.2) is 24.8 Å². The van der Waals surface area contributed by atoms with Crippen molar-refractivity contribution in [2.24, 2.45) is 0 Å². The van der Waals surface area contributed by atoms with E-state index in [9.17, 15) is 9.90 Å². The third kappa shape index (κ3) is 1.88. The zero-order chi connectivity index (χ0) is 13.3. The first-order valence-electron chi connectivity index (χ1n) is 5.69. The first-order chi connectivity index (χ1) is 8.49. The molecule has 18 heavy (non-hydrogen) atoms. The van der Waals surface area contributed by atoms with E-state index >= 15 is 0 Å². The van der Waals surface area contributed by atoms with E-state index in [2.05, 4.69) is 6.58 Å². The summed E-state index contributed by atoms with van der Waals surface area (Å²) < 4.78 is 10.8. The van der Waals surface area contributed by atoms with E-state index in [0.717, 1.165) is 11.1 Å². The number of methoxy groups -OCH3 is 1. The Bertz CT molecular complexity index is 507. The lowest BCUT2D eigenvalue weighted by atomic mass is 9.88. The van der Waals surface area contributed by atoms with Crippen molar-refractivity contribution >= 4 is 5.97 Å². The fourth-order valence-electron chi connectivity index (χ4n) is 2.24. The number of benzene rings is 1. The molecule has 1 fully saturated rings. The molecule has 1 N–H and O–H groups in total. The van der Waals surface area contributed by atoms with Crippen LogP contribution >= 0.6 is 0 Å². The smallest absolute Gasteiger partial charge is 0.341 e. The highest BCUT2D eigenvalue weighted by molar-refractivity contribution is 5.82. The molecule has 2 rings (SSSR count). The molecule has 1 unspecified atom stereocenters. The van der Waals surface area contributed by atoms with Crippen molar-refractivity contribution in [2.45, 2.75) is 18.9 Å². The van der Waals surface area contributed by atoms with Gasteiger partial charge in [0.2, 0.25) is 0 Å². The maximum atomic E-state index is 11.6. The fourth-order valence-corrected chi connectivity index (χ4v) is 2.24. The van der Waals surface area contributed by atoms with E-state index < -0.39 is 11.6 Å². The van der Waals surface area contributed by atoms with E-state index in [1.54, 1.807) is 12.1 Å². The van der Waals surface area contributed by atoms with Crippen LogP contribution in [0.3, 0.4) is 0 Å². The van der Waals surface area contributed by atoms with Crippen LogP contribution in [0.1, 0.15) is 17.5 Å². The van der Waals surface area contributed by atoms with Crippen molar-refractivity contribution in [3.8, 4) is 5.75 Å². The summed E-state index contributed by atoms with van der Waals surface area (Å²) in [7, 11) is 1.52. The molecule has 0 aliphatic carbocycles. The van der Waals surface area contributed by atoms with E-state index in [1.807, 2.05) is 13.0 Å². The van der Waals surface area contributed by atoms with E-state index in [-0.39, 0.29) is 13.0 Å². The zero-order valence-electron chi connectivity index (χ0n) is 10.5. The zero-order valence-corrected chi connectivity index (χ0v) is 10.5. The second-order valence-corrected chi connectivity index (χ2v) is 4.55. The van der Waals surface area contributed by atoms with E-state index in [0.29, 0.717) is 11.3 Å². The molecule has 4 nitrogen and oxygen atoms in total. The Hall–Kier alpha value is -1.81. The molecule has 1 aliphatic rings. The van der Waals surface area contributed by atoms with Crippen LogP contribution in [0.5, 0.6) is 5.75 Å². The molecule has 1 heterocycles. The molecule has 0 bridgehead atoms. The highest BCUT2D eigenvalue weighted by atomic mass is 16.5. The largest absolute Gasteiger partial charge is 0.496 e. The number of rotatable bonds is 3. The lowest BCUT2D eigenvalue weighted by Crippen LogP contribution is -2.35. The Morgan fingerprint density at radius 3 is 2.78 bits per heavy atom. The minimum Gasteiger partial charge on any atom is -0.496 e. The molecule has 0 spiro atoms. The van der Waals surface area contributed by atoms with Gasteiger partial charge < -0.3 is 14.6 Å². The Morgan fingerprint density at radius 2 is 2.28 bits per heavy atom. The summed E-state index contributed by atoms with van der Waals surface area (Å²) in [6, 6.07) is 5.44. The van der Waals surface area contributed by atoms with Crippen LogP contribution < -0.4 is 4.74 Å². The maximum Gasteiger partial charge on any atom is 0.341 e. The molecule has 1 aromatic rings. The van der Waals surface area contributed by atoms with Crippen LogP contribution in [0.2, 0.25) is 0 Å². The molecule has 0 amide bonds. The van der Waals surface area contributed by atoms with Gasteiger partial charge in [0.05, 0.1) is 13.7 Å². The number of hydrogen-bond acceptors (Lipinski definition) is 3. The predicted octanol–water partition coefficient (Wildman–Crippen LogP) is 2.26. The monoisotopic (exact) mass is 248 g/mol. The summed E-state index contributed by atoms with van der Waals surface area (Å²) in [5, 5.41) is 9.52. The molecule has 1 atom stereocenters. The summed E-state index contributed by atoms with van der Waals surface area (Å²) in [6.45, 7) is 5.98. The average molecular weight is 248 g/mol. The predicted molar refractivity (Wildman–Crippen MR) is 66.8 cm³/mol. The Balaban J connectivity index is 2.59. The topological polar surface area (TPSA) is 55.8 Å². The number of carboxylic acids is 1. The van der Waals surface area contributed by atoms with Crippen LogP contribution in [-0.2, 0) is 15.1 Å². The van der Waals surface area contributed by atoms with Crippen LogP contribution in [0, 0.1) is 6.92 Å². The fraction of sp³-hybridized carbons (Fsp3) is 0.357. The highest BCUT2D eigenvalue weighted by Gasteiger charge is 2.48. The van der Waals surface area contributed by atoms with Gasteiger partial charge in [0.1, 0.15) is 5.75 Å². The molecule has 0 radical (unpaired) electrons. The summed E-state index contributed by atoms with van der Waals surface area (Å²) in [6.07, 6.45) is 0.280. The average Bonchev–Trinajstić information content (AvgIpc) is 2.73. The number of hydrogen-bond donors (Lipinski definition) is 1. The van der Waals surface area contributed by atoms with Gasteiger partial charge in [-0.05, 0) is 24.6 Å². The molecular weight excluding hydrogens is 232 g/mol. The van der Waals surface area contributed by atoms with Gasteiger partial charge in [-0.15, -0.1) is 0 Å². The lowest BCUT2D eigenvalue weighted by molar-refractivity contribution is -0.161. The first kappa shape index (κ1) is 12.6.